The van der Waals surface area contributed by atoms with Gasteiger partial charge in [-0.3, -0.25) is 13.9 Å². The zero-order valence-corrected chi connectivity index (χ0v) is 17.4. The molecule has 4 aromatic rings. The van der Waals surface area contributed by atoms with Crippen LogP contribution in [0.4, 0.5) is 0 Å². The molecular formula is C21H17ClN4O2S. The summed E-state index contributed by atoms with van der Waals surface area (Å²) in [4.78, 5) is 34.5. The minimum atomic E-state index is -0.428. The first-order valence-corrected chi connectivity index (χ1v) is 10.2. The maximum atomic E-state index is 12.9. The predicted molar refractivity (Wildman–Crippen MR) is 116 cm³/mol. The Morgan fingerprint density at radius 1 is 0.931 bits per heavy atom. The number of nitrogens with zero attached hydrogens (tertiary/aromatic N) is 4. The molecule has 0 bridgehead atoms. The van der Waals surface area contributed by atoms with E-state index in [1.165, 1.54) is 23.4 Å². The van der Waals surface area contributed by atoms with Crippen LogP contribution in [0, 0.1) is 0 Å². The molecule has 0 radical (unpaired) electrons. The second kappa shape index (κ2) is 7.85. The molecular weight excluding hydrogens is 408 g/mol. The first-order valence-electron chi connectivity index (χ1n) is 8.86. The Bertz CT molecular complexity index is 1330. The lowest BCUT2D eigenvalue weighted by Crippen LogP contribution is -2.37. The molecule has 0 amide bonds. The van der Waals surface area contributed by atoms with Gasteiger partial charge in [-0.2, -0.15) is 0 Å². The highest BCUT2D eigenvalue weighted by molar-refractivity contribution is 7.98. The number of aromatic nitrogens is 4. The van der Waals surface area contributed by atoms with Gasteiger partial charge in [-0.25, -0.2) is 14.8 Å². The number of aryl methyl sites for hydroxylation is 1. The number of fused-ring (bicyclic) bond motifs is 1. The molecule has 0 aliphatic carbocycles. The fourth-order valence-electron chi connectivity index (χ4n) is 3.01. The maximum Gasteiger partial charge on any atom is 0.332 e. The van der Waals surface area contributed by atoms with Gasteiger partial charge in [-0.1, -0.05) is 60.1 Å². The summed E-state index contributed by atoms with van der Waals surface area (Å²) in [5.41, 5.74) is 1.22. The zero-order chi connectivity index (χ0) is 20.5. The Kier molecular flexibility index (Phi) is 5.25. The van der Waals surface area contributed by atoms with Crippen molar-refractivity contribution in [1.29, 1.82) is 0 Å². The van der Waals surface area contributed by atoms with Crippen LogP contribution in [0.2, 0.25) is 5.02 Å². The van der Waals surface area contributed by atoms with Gasteiger partial charge in [0.1, 0.15) is 10.4 Å². The van der Waals surface area contributed by atoms with Crippen LogP contribution in [0.1, 0.15) is 5.56 Å². The summed E-state index contributed by atoms with van der Waals surface area (Å²) in [6.07, 6.45) is 0. The quantitative estimate of drug-likeness (QED) is 0.369. The van der Waals surface area contributed by atoms with Gasteiger partial charge < -0.3 is 0 Å². The molecule has 0 saturated carbocycles. The molecule has 0 aliphatic rings. The summed E-state index contributed by atoms with van der Waals surface area (Å²) in [5.74, 6) is 0.995. The molecule has 2 aromatic carbocycles. The molecule has 0 N–H and O–H groups in total. The minimum Gasteiger partial charge on any atom is -0.280 e. The van der Waals surface area contributed by atoms with Crippen LogP contribution in [0.3, 0.4) is 0 Å². The van der Waals surface area contributed by atoms with Gasteiger partial charge in [0.15, 0.2) is 11.5 Å². The lowest BCUT2D eigenvalue weighted by Gasteiger charge is -2.12. The summed E-state index contributed by atoms with van der Waals surface area (Å²) in [6, 6.07) is 17.0. The highest BCUT2D eigenvalue weighted by Crippen LogP contribution is 2.30. The van der Waals surface area contributed by atoms with E-state index in [2.05, 4.69) is 9.97 Å². The average Bonchev–Trinajstić information content (AvgIpc) is 2.75. The van der Waals surface area contributed by atoms with Crippen molar-refractivity contribution >= 4 is 34.4 Å². The SMILES string of the molecule is Cn1c(=O)c2c(SCc3ccccc3Cl)nc(-c3ccccc3)nc2n(C)c1=O. The van der Waals surface area contributed by atoms with E-state index in [-0.39, 0.29) is 0 Å². The molecule has 8 heteroatoms. The van der Waals surface area contributed by atoms with Crippen LogP contribution in [-0.4, -0.2) is 19.1 Å². The van der Waals surface area contributed by atoms with E-state index in [1.807, 2.05) is 54.6 Å². The van der Waals surface area contributed by atoms with E-state index in [1.54, 1.807) is 7.05 Å². The third-order valence-electron chi connectivity index (χ3n) is 4.62. The Hall–Kier alpha value is -2.90. The third kappa shape index (κ3) is 3.59. The normalized spacial score (nSPS) is 11.1. The minimum absolute atomic E-state index is 0.314. The first-order chi connectivity index (χ1) is 14.0. The summed E-state index contributed by atoms with van der Waals surface area (Å²) in [5, 5.41) is 1.50. The molecule has 0 spiro atoms. The average molecular weight is 425 g/mol. The Morgan fingerprint density at radius 3 is 2.34 bits per heavy atom. The molecule has 2 aromatic heterocycles. The van der Waals surface area contributed by atoms with Crippen molar-refractivity contribution in [3.05, 3.63) is 86.0 Å². The van der Waals surface area contributed by atoms with Crippen LogP contribution < -0.4 is 11.2 Å². The van der Waals surface area contributed by atoms with E-state index in [0.717, 1.165) is 15.7 Å². The molecule has 0 aliphatic heterocycles. The van der Waals surface area contributed by atoms with Crippen molar-refractivity contribution in [1.82, 2.24) is 19.1 Å². The highest BCUT2D eigenvalue weighted by atomic mass is 35.5. The standard InChI is InChI=1S/C21H17ClN4O2S/c1-25-18-16(20(27)26(2)21(25)28)19(29-12-14-10-6-7-11-15(14)22)24-17(23-18)13-8-4-3-5-9-13/h3-11H,12H2,1-2H3. The molecule has 0 unspecified atom stereocenters. The number of hydrogen-bond donors (Lipinski definition) is 0. The summed E-state index contributed by atoms with van der Waals surface area (Å²) < 4.78 is 2.46. The molecule has 0 atom stereocenters. The van der Waals surface area contributed by atoms with Crippen molar-refractivity contribution < 1.29 is 0 Å². The molecule has 6 nitrogen and oxygen atoms in total. The van der Waals surface area contributed by atoms with Crippen molar-refractivity contribution in [2.24, 2.45) is 14.1 Å². The van der Waals surface area contributed by atoms with Crippen LogP contribution in [0.25, 0.3) is 22.4 Å². The highest BCUT2D eigenvalue weighted by Gasteiger charge is 2.18. The fraction of sp³-hybridized carbons (Fsp3) is 0.143. The second-order valence-corrected chi connectivity index (χ2v) is 7.87. The van der Waals surface area contributed by atoms with Gasteiger partial charge in [0.2, 0.25) is 0 Å². The van der Waals surface area contributed by atoms with Gasteiger partial charge in [-0.05, 0) is 11.6 Å². The molecule has 2 heterocycles. The predicted octanol–water partition coefficient (Wildman–Crippen LogP) is 3.64. The monoisotopic (exact) mass is 424 g/mol. The van der Waals surface area contributed by atoms with Crippen LogP contribution >= 0.6 is 23.4 Å². The Morgan fingerprint density at radius 2 is 1.62 bits per heavy atom. The topological polar surface area (TPSA) is 69.8 Å². The molecule has 146 valence electrons. The first kappa shape index (κ1) is 19.4. The zero-order valence-electron chi connectivity index (χ0n) is 15.8. The van der Waals surface area contributed by atoms with Crippen LogP contribution in [0.5, 0.6) is 0 Å². The summed E-state index contributed by atoms with van der Waals surface area (Å²) >= 11 is 7.68. The van der Waals surface area contributed by atoms with Gasteiger partial charge in [-0.15, -0.1) is 11.8 Å². The van der Waals surface area contributed by atoms with Gasteiger partial charge >= 0.3 is 5.69 Å². The Labute approximate surface area is 175 Å². The van der Waals surface area contributed by atoms with E-state index in [0.29, 0.717) is 32.7 Å². The fourth-order valence-corrected chi connectivity index (χ4v) is 4.31. The van der Waals surface area contributed by atoms with Gasteiger partial charge in [0.25, 0.3) is 5.56 Å². The molecule has 0 fully saturated rings. The lowest BCUT2D eigenvalue weighted by atomic mass is 10.2. The third-order valence-corrected chi connectivity index (χ3v) is 6.01. The number of hydrogen-bond acceptors (Lipinski definition) is 5. The number of thioether (sulfide) groups is 1. The van der Waals surface area contributed by atoms with E-state index < -0.39 is 11.2 Å². The van der Waals surface area contributed by atoms with Crippen molar-refractivity contribution in [3.8, 4) is 11.4 Å². The number of benzene rings is 2. The molecule has 4 rings (SSSR count). The van der Waals surface area contributed by atoms with Crippen molar-refractivity contribution in [2.45, 2.75) is 10.8 Å². The number of halogens is 1. The number of rotatable bonds is 4. The van der Waals surface area contributed by atoms with Crippen LogP contribution in [0.15, 0.2) is 69.2 Å². The molecule has 29 heavy (non-hydrogen) atoms. The van der Waals surface area contributed by atoms with Crippen molar-refractivity contribution in [2.75, 3.05) is 0 Å². The van der Waals surface area contributed by atoms with E-state index in [9.17, 15) is 9.59 Å². The lowest BCUT2D eigenvalue weighted by molar-refractivity contribution is 0.703. The second-order valence-electron chi connectivity index (χ2n) is 6.50. The van der Waals surface area contributed by atoms with Crippen LogP contribution in [-0.2, 0) is 19.8 Å². The smallest absolute Gasteiger partial charge is 0.280 e. The maximum absolute atomic E-state index is 12.9. The van der Waals surface area contributed by atoms with Crippen molar-refractivity contribution in [3.63, 3.8) is 0 Å². The molecule has 0 saturated heterocycles. The largest absolute Gasteiger partial charge is 0.332 e. The summed E-state index contributed by atoms with van der Waals surface area (Å²) in [7, 11) is 3.06. The van der Waals surface area contributed by atoms with E-state index in [4.69, 9.17) is 11.6 Å². The van der Waals surface area contributed by atoms with E-state index >= 15 is 0 Å². The Balaban J connectivity index is 1.94. The van der Waals surface area contributed by atoms with Gasteiger partial charge in [0, 0.05) is 30.4 Å². The van der Waals surface area contributed by atoms with Gasteiger partial charge in [0.05, 0.1) is 0 Å². The summed E-state index contributed by atoms with van der Waals surface area (Å²) in [6.45, 7) is 0.